The third-order valence-electron chi connectivity index (χ3n) is 3.80. The van der Waals surface area contributed by atoms with Crippen molar-refractivity contribution in [2.75, 3.05) is 13.7 Å². The van der Waals surface area contributed by atoms with Gasteiger partial charge in [-0.15, -0.1) is 0 Å². The number of carbonyl (C=O) groups is 1. The maximum atomic E-state index is 12.6. The van der Waals surface area contributed by atoms with Crippen LogP contribution in [0.5, 0.6) is 5.75 Å². The second-order valence-electron chi connectivity index (χ2n) is 5.49. The van der Waals surface area contributed by atoms with Gasteiger partial charge in [-0.05, 0) is 47.9 Å². The van der Waals surface area contributed by atoms with Crippen molar-refractivity contribution in [2.24, 2.45) is 0 Å². The fraction of sp³-hybridized carbons (Fsp3) is 0.158. The molecule has 2 aromatic rings. The Labute approximate surface area is 161 Å². The number of hydrogen-bond donors (Lipinski definition) is 0. The van der Waals surface area contributed by atoms with E-state index in [1.54, 1.807) is 18.1 Å². The molecule has 1 amide bonds. The molecule has 0 bridgehead atoms. The number of methoxy groups -OCH3 is 1. The Hall–Kier alpha value is -1.82. The van der Waals surface area contributed by atoms with Crippen LogP contribution in [-0.2, 0) is 11.2 Å². The zero-order valence-corrected chi connectivity index (χ0v) is 16.0. The smallest absolute Gasteiger partial charge is 0.266 e. The van der Waals surface area contributed by atoms with Crippen LogP contribution in [0.3, 0.4) is 0 Å². The second-order valence-corrected chi connectivity index (χ2v) is 7.60. The summed E-state index contributed by atoms with van der Waals surface area (Å²) >= 11 is 12.7. The largest absolute Gasteiger partial charge is 0.497 e. The van der Waals surface area contributed by atoms with E-state index in [4.69, 9.17) is 28.6 Å². The molecule has 0 spiro atoms. The normalized spacial score (nSPS) is 15.9. The number of thioether (sulfide) groups is 1. The van der Waals surface area contributed by atoms with Gasteiger partial charge in [0, 0.05) is 11.6 Å². The minimum Gasteiger partial charge on any atom is -0.497 e. The summed E-state index contributed by atoms with van der Waals surface area (Å²) < 4.78 is 5.74. The van der Waals surface area contributed by atoms with E-state index in [0.717, 1.165) is 23.3 Å². The Kier molecular flexibility index (Phi) is 5.78. The number of rotatable bonds is 5. The van der Waals surface area contributed by atoms with Gasteiger partial charge < -0.3 is 4.74 Å². The zero-order valence-electron chi connectivity index (χ0n) is 13.6. The predicted molar refractivity (Wildman–Crippen MR) is 108 cm³/mol. The number of ether oxygens (including phenoxy) is 1. The number of carbonyl (C=O) groups excluding carboxylic acids is 1. The van der Waals surface area contributed by atoms with Gasteiger partial charge in [0.1, 0.15) is 10.1 Å². The lowest BCUT2D eigenvalue weighted by molar-refractivity contribution is -0.122. The molecule has 1 aliphatic rings. The first kappa shape index (κ1) is 18.0. The summed E-state index contributed by atoms with van der Waals surface area (Å²) in [7, 11) is 1.64. The molecule has 3 nitrogen and oxygen atoms in total. The topological polar surface area (TPSA) is 29.5 Å². The summed E-state index contributed by atoms with van der Waals surface area (Å²) in [4.78, 5) is 14.9. The van der Waals surface area contributed by atoms with E-state index in [-0.39, 0.29) is 5.91 Å². The zero-order chi connectivity index (χ0) is 17.8. The highest BCUT2D eigenvalue weighted by molar-refractivity contribution is 8.26. The highest BCUT2D eigenvalue weighted by Crippen LogP contribution is 2.33. The van der Waals surface area contributed by atoms with Gasteiger partial charge in [0.2, 0.25) is 0 Å². The van der Waals surface area contributed by atoms with Crippen LogP contribution in [0.25, 0.3) is 6.08 Å². The quantitative estimate of drug-likeness (QED) is 0.543. The summed E-state index contributed by atoms with van der Waals surface area (Å²) in [5, 5.41) is 0.642. The molecular weight excluding hydrogens is 374 g/mol. The molecule has 2 aromatic carbocycles. The summed E-state index contributed by atoms with van der Waals surface area (Å²) in [6.45, 7) is 0.559. The van der Waals surface area contributed by atoms with Crippen molar-refractivity contribution in [3.05, 3.63) is 69.6 Å². The van der Waals surface area contributed by atoms with Crippen molar-refractivity contribution in [2.45, 2.75) is 6.42 Å². The molecule has 0 atom stereocenters. The van der Waals surface area contributed by atoms with Crippen LogP contribution < -0.4 is 4.74 Å². The molecule has 1 fully saturated rings. The van der Waals surface area contributed by atoms with Gasteiger partial charge in [0.05, 0.1) is 12.0 Å². The van der Waals surface area contributed by atoms with Crippen LogP contribution in [-0.4, -0.2) is 28.8 Å². The lowest BCUT2D eigenvalue weighted by Gasteiger charge is -2.14. The summed E-state index contributed by atoms with van der Waals surface area (Å²) in [6.07, 6.45) is 2.57. The van der Waals surface area contributed by atoms with E-state index >= 15 is 0 Å². The lowest BCUT2D eigenvalue weighted by Crippen LogP contribution is -2.30. The Morgan fingerprint density at radius 1 is 1.24 bits per heavy atom. The molecule has 0 aliphatic carbocycles. The van der Waals surface area contributed by atoms with E-state index in [1.807, 2.05) is 48.5 Å². The molecule has 0 N–H and O–H groups in total. The van der Waals surface area contributed by atoms with Gasteiger partial charge in [-0.1, -0.05) is 59.8 Å². The molecular formula is C19H16ClNO2S2. The third-order valence-corrected chi connectivity index (χ3v) is 5.42. The van der Waals surface area contributed by atoms with E-state index in [1.165, 1.54) is 11.8 Å². The maximum Gasteiger partial charge on any atom is 0.266 e. The first-order valence-electron chi connectivity index (χ1n) is 7.70. The number of thiocarbonyl (C=S) groups is 1. The standard InChI is InChI=1S/C19H16ClNO2S2/c1-23-16-7-5-13(6-8-16)9-10-21-18(22)17(25-19(21)24)12-14-3-2-4-15(20)11-14/h2-8,11-12H,9-10H2,1H3/b17-12-. The summed E-state index contributed by atoms with van der Waals surface area (Å²) in [5.41, 5.74) is 2.02. The maximum absolute atomic E-state index is 12.6. The van der Waals surface area contributed by atoms with E-state index in [9.17, 15) is 4.79 Å². The molecule has 1 heterocycles. The number of halogens is 1. The Morgan fingerprint density at radius 2 is 2.00 bits per heavy atom. The van der Waals surface area contributed by atoms with Crippen molar-refractivity contribution in [3.8, 4) is 5.75 Å². The highest BCUT2D eigenvalue weighted by atomic mass is 35.5. The number of hydrogen-bond acceptors (Lipinski definition) is 4. The molecule has 1 aliphatic heterocycles. The van der Waals surface area contributed by atoms with Gasteiger partial charge in [-0.25, -0.2) is 0 Å². The van der Waals surface area contributed by atoms with Gasteiger partial charge >= 0.3 is 0 Å². The lowest BCUT2D eigenvalue weighted by atomic mass is 10.1. The van der Waals surface area contributed by atoms with Crippen molar-refractivity contribution in [3.63, 3.8) is 0 Å². The highest BCUT2D eigenvalue weighted by Gasteiger charge is 2.31. The van der Waals surface area contributed by atoms with Gasteiger partial charge in [0.25, 0.3) is 5.91 Å². The average Bonchev–Trinajstić information content (AvgIpc) is 2.87. The number of nitrogens with zero attached hydrogens (tertiary/aromatic N) is 1. The fourth-order valence-corrected chi connectivity index (χ4v) is 3.98. The van der Waals surface area contributed by atoms with Crippen LogP contribution in [0, 0.1) is 0 Å². The third kappa shape index (κ3) is 4.42. The average molecular weight is 390 g/mol. The SMILES string of the molecule is COc1ccc(CCN2C(=O)/C(=C/c3cccc(Cl)c3)SC2=S)cc1. The monoisotopic (exact) mass is 389 g/mol. The van der Waals surface area contributed by atoms with Crippen molar-refractivity contribution >= 4 is 51.9 Å². The molecule has 3 rings (SSSR count). The van der Waals surface area contributed by atoms with Crippen LogP contribution in [0.2, 0.25) is 5.02 Å². The summed E-state index contributed by atoms with van der Waals surface area (Å²) in [5.74, 6) is 0.766. The van der Waals surface area contributed by atoms with Crippen LogP contribution in [0.15, 0.2) is 53.4 Å². The summed E-state index contributed by atoms with van der Waals surface area (Å²) in [6, 6.07) is 15.2. The minimum atomic E-state index is -0.0523. The molecule has 1 saturated heterocycles. The van der Waals surface area contributed by atoms with Crippen molar-refractivity contribution < 1.29 is 9.53 Å². The molecule has 0 unspecified atom stereocenters. The first-order valence-corrected chi connectivity index (χ1v) is 9.31. The van der Waals surface area contributed by atoms with E-state index in [0.29, 0.717) is 20.8 Å². The van der Waals surface area contributed by atoms with E-state index in [2.05, 4.69) is 0 Å². The molecule has 0 aromatic heterocycles. The van der Waals surface area contributed by atoms with Crippen molar-refractivity contribution in [1.29, 1.82) is 0 Å². The second kappa shape index (κ2) is 8.04. The molecule has 25 heavy (non-hydrogen) atoms. The van der Waals surface area contributed by atoms with Crippen LogP contribution in [0.1, 0.15) is 11.1 Å². The molecule has 0 saturated carbocycles. The van der Waals surface area contributed by atoms with Gasteiger partial charge in [-0.2, -0.15) is 0 Å². The molecule has 0 radical (unpaired) electrons. The predicted octanol–water partition coefficient (Wildman–Crippen LogP) is 4.79. The number of benzene rings is 2. The van der Waals surface area contributed by atoms with Gasteiger partial charge in [-0.3, -0.25) is 9.69 Å². The van der Waals surface area contributed by atoms with Gasteiger partial charge in [0.15, 0.2) is 0 Å². The fourth-order valence-electron chi connectivity index (χ4n) is 2.47. The van der Waals surface area contributed by atoms with E-state index < -0.39 is 0 Å². The molecule has 6 heteroatoms. The van der Waals surface area contributed by atoms with Crippen LogP contribution in [0.4, 0.5) is 0 Å². The first-order chi connectivity index (χ1) is 12.1. The molecule has 128 valence electrons. The van der Waals surface area contributed by atoms with Crippen molar-refractivity contribution in [1.82, 2.24) is 4.90 Å². The Morgan fingerprint density at radius 3 is 2.68 bits per heavy atom. The number of amides is 1. The van der Waals surface area contributed by atoms with Crippen LogP contribution >= 0.6 is 35.6 Å². The Balaban J connectivity index is 1.68. The minimum absolute atomic E-state index is 0.0523. The Bertz CT molecular complexity index is 834.